The van der Waals surface area contributed by atoms with Gasteiger partial charge in [0.25, 0.3) is 0 Å². The first kappa shape index (κ1) is 20.3. The van der Waals surface area contributed by atoms with Crippen molar-refractivity contribution < 1.29 is 24.2 Å². The molecule has 0 radical (unpaired) electrons. The maximum atomic E-state index is 12.5. The van der Waals surface area contributed by atoms with Crippen molar-refractivity contribution >= 4 is 11.9 Å². The van der Waals surface area contributed by atoms with Crippen LogP contribution in [0.15, 0.2) is 48.7 Å². The van der Waals surface area contributed by atoms with Crippen molar-refractivity contribution in [2.75, 3.05) is 0 Å². The van der Waals surface area contributed by atoms with E-state index < -0.39 is 24.1 Å². The second-order valence-corrected chi connectivity index (χ2v) is 7.50. The number of hydrogen-bond donors (Lipinski definition) is 1. The van der Waals surface area contributed by atoms with Crippen LogP contribution >= 0.6 is 0 Å². The predicted molar refractivity (Wildman–Crippen MR) is 103 cm³/mol. The number of ether oxygens (including phenoxy) is 2. The van der Waals surface area contributed by atoms with E-state index in [1.807, 2.05) is 6.92 Å². The lowest BCUT2D eigenvalue weighted by atomic mass is 9.89. The third-order valence-corrected chi connectivity index (χ3v) is 5.28. The smallest absolute Gasteiger partial charge is 0.357 e. The second kappa shape index (κ2) is 9.64. The number of rotatable bonds is 2. The van der Waals surface area contributed by atoms with Crippen LogP contribution in [0.3, 0.4) is 0 Å². The summed E-state index contributed by atoms with van der Waals surface area (Å²) in [7, 11) is 0. The lowest BCUT2D eigenvalue weighted by Crippen LogP contribution is -2.28. The Balaban J connectivity index is 1.84. The molecule has 0 bridgehead atoms. The van der Waals surface area contributed by atoms with Gasteiger partial charge in [-0.15, -0.1) is 0 Å². The van der Waals surface area contributed by atoms with Crippen molar-refractivity contribution in [1.82, 2.24) is 4.98 Å². The summed E-state index contributed by atoms with van der Waals surface area (Å²) in [4.78, 5) is 28.7. The molecule has 0 amide bonds. The van der Waals surface area contributed by atoms with E-state index >= 15 is 0 Å². The molecule has 1 aliphatic carbocycles. The molecular weight excluding hydrogens is 358 g/mol. The molecule has 1 saturated carbocycles. The van der Waals surface area contributed by atoms with Gasteiger partial charge in [-0.3, -0.25) is 0 Å². The van der Waals surface area contributed by atoms with E-state index in [1.54, 1.807) is 24.3 Å². The van der Waals surface area contributed by atoms with Gasteiger partial charge in [-0.1, -0.05) is 18.2 Å². The maximum Gasteiger partial charge on any atom is 0.357 e. The first-order chi connectivity index (χ1) is 13.5. The van der Waals surface area contributed by atoms with E-state index in [-0.39, 0.29) is 23.6 Å². The molecule has 1 N–H and O–H groups in total. The number of aliphatic hydroxyl groups is 1. The number of hydrogen-bond acceptors (Lipinski definition) is 6. The van der Waals surface area contributed by atoms with Gasteiger partial charge in [0.1, 0.15) is 11.8 Å². The Kier molecular flexibility index (Phi) is 6.98. The van der Waals surface area contributed by atoms with E-state index in [2.05, 4.69) is 17.1 Å². The molecule has 1 aliphatic heterocycles. The van der Waals surface area contributed by atoms with E-state index in [1.165, 1.54) is 12.3 Å². The summed E-state index contributed by atoms with van der Waals surface area (Å²) >= 11 is 0. The SMILES string of the molecule is C[C@H]1CCC/C=C/[C@@H]2C[C@H](O)C[C@H]2[C@H](OC(=O)c2ccccn2)/C=C/C(=O)O1. The standard InChI is InChI=1S/C22H27NO5/c1-15-7-3-2-4-8-16-13-17(24)14-18(16)20(10-11-21(25)27-15)28-22(26)19-9-5-6-12-23-19/h4-6,8-12,15-18,20,24H,2-3,7,13-14H2,1H3/b8-4+,11-10+/t15-,16+,17-,18+,20+/m0/s1. The average Bonchev–Trinajstić information content (AvgIpc) is 3.05. The van der Waals surface area contributed by atoms with Gasteiger partial charge in [0.15, 0.2) is 0 Å². The molecule has 0 saturated heterocycles. The van der Waals surface area contributed by atoms with Gasteiger partial charge in [0.05, 0.1) is 12.2 Å². The second-order valence-electron chi connectivity index (χ2n) is 7.50. The normalized spacial score (nSPS) is 33.4. The third kappa shape index (κ3) is 5.52. The molecule has 1 aromatic rings. The minimum atomic E-state index is -0.648. The highest BCUT2D eigenvalue weighted by Gasteiger charge is 2.38. The van der Waals surface area contributed by atoms with Crippen LogP contribution in [0.4, 0.5) is 0 Å². The first-order valence-electron chi connectivity index (χ1n) is 9.88. The van der Waals surface area contributed by atoms with Gasteiger partial charge < -0.3 is 14.6 Å². The van der Waals surface area contributed by atoms with Gasteiger partial charge in [0, 0.05) is 18.2 Å². The number of carbonyl (C=O) groups excluding carboxylic acids is 2. The largest absolute Gasteiger partial charge is 0.460 e. The molecule has 0 spiro atoms. The number of aromatic nitrogens is 1. The summed E-state index contributed by atoms with van der Waals surface area (Å²) in [6.07, 6.45) is 11.1. The van der Waals surface area contributed by atoms with Gasteiger partial charge in [-0.25, -0.2) is 14.6 Å². The molecular formula is C22H27NO5. The predicted octanol–water partition coefficient (Wildman–Crippen LogP) is 3.22. The molecule has 1 aromatic heterocycles. The van der Waals surface area contributed by atoms with Crippen LogP contribution in [0.1, 0.15) is 49.5 Å². The highest BCUT2D eigenvalue weighted by molar-refractivity contribution is 5.87. The number of nitrogens with zero attached hydrogens (tertiary/aromatic N) is 1. The quantitative estimate of drug-likeness (QED) is 0.621. The molecule has 28 heavy (non-hydrogen) atoms. The lowest BCUT2D eigenvalue weighted by Gasteiger charge is -2.24. The van der Waals surface area contributed by atoms with Crippen LogP contribution in [0, 0.1) is 11.8 Å². The Morgan fingerprint density at radius 3 is 2.93 bits per heavy atom. The Labute approximate surface area is 165 Å². The highest BCUT2D eigenvalue weighted by atomic mass is 16.5. The fourth-order valence-electron chi connectivity index (χ4n) is 3.87. The summed E-state index contributed by atoms with van der Waals surface area (Å²) in [5.41, 5.74) is 0.209. The van der Waals surface area contributed by atoms with Crippen molar-refractivity contribution in [3.05, 3.63) is 54.4 Å². The van der Waals surface area contributed by atoms with Gasteiger partial charge in [-0.2, -0.15) is 0 Å². The number of allylic oxidation sites excluding steroid dienone is 2. The minimum Gasteiger partial charge on any atom is -0.460 e. The molecule has 2 aliphatic rings. The third-order valence-electron chi connectivity index (χ3n) is 5.28. The molecule has 2 heterocycles. The summed E-state index contributed by atoms with van der Waals surface area (Å²) in [6.45, 7) is 1.87. The summed E-state index contributed by atoms with van der Waals surface area (Å²) in [6, 6.07) is 5.02. The summed E-state index contributed by atoms with van der Waals surface area (Å²) in [5, 5.41) is 10.2. The molecule has 0 aromatic carbocycles. The molecule has 6 heteroatoms. The van der Waals surface area contributed by atoms with Gasteiger partial charge >= 0.3 is 11.9 Å². The number of cyclic esters (lactones) is 1. The molecule has 6 nitrogen and oxygen atoms in total. The topological polar surface area (TPSA) is 85.7 Å². The fourth-order valence-corrected chi connectivity index (χ4v) is 3.87. The highest BCUT2D eigenvalue weighted by Crippen LogP contribution is 2.37. The average molecular weight is 385 g/mol. The molecule has 1 fully saturated rings. The maximum absolute atomic E-state index is 12.5. The van der Waals surface area contributed by atoms with Crippen LogP contribution in [-0.4, -0.2) is 40.3 Å². The lowest BCUT2D eigenvalue weighted by molar-refractivity contribution is -0.142. The van der Waals surface area contributed by atoms with Crippen molar-refractivity contribution in [2.45, 2.75) is 57.3 Å². The Hall–Kier alpha value is -2.47. The Morgan fingerprint density at radius 1 is 1.29 bits per heavy atom. The van der Waals surface area contributed by atoms with Crippen molar-refractivity contribution in [3.63, 3.8) is 0 Å². The van der Waals surface area contributed by atoms with E-state index in [4.69, 9.17) is 9.47 Å². The number of carbonyl (C=O) groups is 2. The number of aliphatic hydroxyl groups excluding tert-OH is 1. The van der Waals surface area contributed by atoms with Crippen molar-refractivity contribution in [2.24, 2.45) is 11.8 Å². The Bertz CT molecular complexity index is 730. The zero-order valence-electron chi connectivity index (χ0n) is 16.1. The zero-order valence-corrected chi connectivity index (χ0v) is 16.1. The van der Waals surface area contributed by atoms with E-state index in [0.717, 1.165) is 19.3 Å². The minimum absolute atomic E-state index is 0.0791. The monoisotopic (exact) mass is 385 g/mol. The van der Waals surface area contributed by atoms with Crippen LogP contribution in [0.5, 0.6) is 0 Å². The van der Waals surface area contributed by atoms with E-state index in [9.17, 15) is 14.7 Å². The van der Waals surface area contributed by atoms with Crippen LogP contribution in [-0.2, 0) is 14.3 Å². The number of fused-ring (bicyclic) bond motifs is 1. The molecule has 3 rings (SSSR count). The summed E-state index contributed by atoms with van der Waals surface area (Å²) < 4.78 is 11.1. The molecule has 0 unspecified atom stereocenters. The van der Waals surface area contributed by atoms with Gasteiger partial charge in [0.2, 0.25) is 0 Å². The fraction of sp³-hybridized carbons (Fsp3) is 0.500. The van der Waals surface area contributed by atoms with Crippen molar-refractivity contribution in [1.29, 1.82) is 0 Å². The van der Waals surface area contributed by atoms with E-state index in [0.29, 0.717) is 12.8 Å². The van der Waals surface area contributed by atoms with Crippen LogP contribution < -0.4 is 0 Å². The Morgan fingerprint density at radius 2 is 2.14 bits per heavy atom. The van der Waals surface area contributed by atoms with Crippen molar-refractivity contribution in [3.8, 4) is 0 Å². The molecule has 5 atom stereocenters. The van der Waals surface area contributed by atoms with Crippen LogP contribution in [0.25, 0.3) is 0 Å². The number of pyridine rings is 1. The molecule has 150 valence electrons. The summed E-state index contributed by atoms with van der Waals surface area (Å²) in [5.74, 6) is -1.03. The zero-order chi connectivity index (χ0) is 19.9. The van der Waals surface area contributed by atoms with Gasteiger partial charge in [-0.05, 0) is 63.2 Å². The first-order valence-corrected chi connectivity index (χ1v) is 9.88. The van der Waals surface area contributed by atoms with Crippen LogP contribution in [0.2, 0.25) is 0 Å². The number of esters is 2.